The molecule has 0 bridgehead atoms. The van der Waals surface area contributed by atoms with E-state index in [0.29, 0.717) is 19.3 Å². The van der Waals surface area contributed by atoms with Gasteiger partial charge in [-0.15, -0.1) is 0 Å². The van der Waals surface area contributed by atoms with Gasteiger partial charge in [-0.1, -0.05) is 119 Å². The molecule has 1 fully saturated rings. The molecular weight excluding hydrogens is 909 g/mol. The molecule has 17 nitrogen and oxygen atoms in total. The lowest BCUT2D eigenvalue weighted by Gasteiger charge is -2.39. The van der Waals surface area contributed by atoms with E-state index in [0.717, 1.165) is 52.6 Å². The highest BCUT2D eigenvalue weighted by Gasteiger charge is 2.47. The first-order chi connectivity index (χ1) is 34.1. The molecule has 11 N–H and O–H groups in total. The number of aliphatic hydroxyl groups is 3. The third kappa shape index (κ3) is 16.8. The molecule has 17 heteroatoms. The number of carbonyl (C=O) groups excluding carboxylic acids is 5. The number of nitrogens with two attached hydrogens (primary N) is 2. The Morgan fingerprint density at radius 3 is 2.01 bits per heavy atom. The summed E-state index contributed by atoms with van der Waals surface area (Å²) in [5.74, 6) is -3.12. The number of phenolic OH excluding ortho intramolecular Hbond substituents is 1. The van der Waals surface area contributed by atoms with Gasteiger partial charge >= 0.3 is 0 Å². The largest absolute Gasteiger partial charge is 0.508 e. The molecule has 2 aliphatic heterocycles. The summed E-state index contributed by atoms with van der Waals surface area (Å²) >= 11 is 0. The van der Waals surface area contributed by atoms with Gasteiger partial charge < -0.3 is 62.2 Å². The monoisotopic (exact) mass is 987 g/mol. The predicted molar refractivity (Wildman–Crippen MR) is 268 cm³/mol. The summed E-state index contributed by atoms with van der Waals surface area (Å²) in [5.41, 5.74) is 17.2. The fraction of sp³-hybridized carbons (Fsp3) is 0.574. The summed E-state index contributed by atoms with van der Waals surface area (Å²) in [6.45, 7) is 6.31. The number of aromatic hydroxyl groups is 1. The summed E-state index contributed by atoms with van der Waals surface area (Å²) in [6.07, 6.45) is 4.66. The van der Waals surface area contributed by atoms with Crippen LogP contribution in [-0.2, 0) is 59.3 Å². The number of nitrogens with one attached hydrogen (secondary N) is 3. The highest BCUT2D eigenvalue weighted by molar-refractivity contribution is 5.95. The van der Waals surface area contributed by atoms with Crippen molar-refractivity contribution >= 4 is 29.5 Å². The second kappa shape index (κ2) is 28.6. The van der Waals surface area contributed by atoms with Crippen LogP contribution in [0.4, 0.5) is 0 Å². The zero-order chi connectivity index (χ0) is 51.5. The standard InChI is InChI=1S/C54H78N6O11/c1-4-5-6-7-8-9-10-11-12-20-27-70-54-47(64)45(62)46(63)48(71-54)52(68)57-26-19-18-25-42(49(56)65)58-50(66)43(30-36-21-14-13-15-22-36)59-51(67)44-31-37-23-16-17-24-38(37)33-60(44)53(69)41(55)32-40-34(2)28-39(61)29-35(40)3/h13-17,21-24,28-29,41-48,54,61-64H,4-12,18-20,25-27,30-33,55H2,1-3H3,(H2,56,65)(H,57,68)(H,58,66)(H,59,67)/t41-,42-,43-,44-,45-,46-,47+,48-,54+/m0/s1. The number of primary amides is 1. The topological polar surface area (TPSA) is 276 Å². The van der Waals surface area contributed by atoms with Crippen LogP contribution in [0.15, 0.2) is 66.7 Å². The number of amides is 5. The van der Waals surface area contributed by atoms with Crippen LogP contribution in [0.2, 0.25) is 0 Å². The Hall–Kier alpha value is -5.43. The summed E-state index contributed by atoms with van der Waals surface area (Å²) in [4.78, 5) is 70.2. The molecule has 1 saturated heterocycles. The van der Waals surface area contributed by atoms with Crippen molar-refractivity contribution in [1.29, 1.82) is 0 Å². The van der Waals surface area contributed by atoms with E-state index in [1.54, 1.807) is 36.4 Å². The molecular formula is C54H78N6O11. The molecule has 3 aromatic carbocycles. The Labute approximate surface area is 418 Å². The van der Waals surface area contributed by atoms with E-state index in [4.69, 9.17) is 20.9 Å². The molecule has 9 atom stereocenters. The Bertz CT molecular complexity index is 2170. The molecule has 0 saturated carbocycles. The third-order valence-electron chi connectivity index (χ3n) is 13.7. The molecule has 71 heavy (non-hydrogen) atoms. The minimum Gasteiger partial charge on any atom is -0.508 e. The highest BCUT2D eigenvalue weighted by atomic mass is 16.7. The third-order valence-corrected chi connectivity index (χ3v) is 13.7. The quantitative estimate of drug-likeness (QED) is 0.0473. The number of fused-ring (bicyclic) bond motifs is 1. The number of nitrogens with zero attached hydrogens (tertiary/aromatic N) is 1. The van der Waals surface area contributed by atoms with Crippen LogP contribution >= 0.6 is 0 Å². The van der Waals surface area contributed by atoms with Gasteiger partial charge in [-0.25, -0.2) is 0 Å². The number of aliphatic hydroxyl groups excluding tert-OH is 3. The number of carbonyl (C=O) groups is 5. The van der Waals surface area contributed by atoms with Crippen molar-refractivity contribution in [3.8, 4) is 5.75 Å². The van der Waals surface area contributed by atoms with E-state index in [1.807, 2.05) is 44.2 Å². The first kappa shape index (κ1) is 56.5. The maximum atomic E-state index is 14.5. The molecule has 2 aliphatic rings. The van der Waals surface area contributed by atoms with Crippen molar-refractivity contribution in [1.82, 2.24) is 20.9 Å². The number of unbranched alkanes of at least 4 members (excludes halogenated alkanes) is 10. The molecule has 3 aromatic rings. The molecule has 0 radical (unpaired) electrons. The fourth-order valence-corrected chi connectivity index (χ4v) is 9.46. The van der Waals surface area contributed by atoms with Crippen molar-refractivity contribution in [2.24, 2.45) is 11.5 Å². The minimum atomic E-state index is -1.71. The molecule has 5 rings (SSSR count). The van der Waals surface area contributed by atoms with E-state index in [-0.39, 0.29) is 51.1 Å². The van der Waals surface area contributed by atoms with Crippen LogP contribution in [-0.4, -0.2) is 123 Å². The van der Waals surface area contributed by atoms with Gasteiger partial charge in [0.2, 0.25) is 23.6 Å². The number of hydrogen-bond donors (Lipinski definition) is 9. The van der Waals surface area contributed by atoms with Gasteiger partial charge in [0.25, 0.3) is 5.91 Å². The summed E-state index contributed by atoms with van der Waals surface area (Å²) < 4.78 is 11.4. The number of aryl methyl sites for hydroxylation is 2. The van der Waals surface area contributed by atoms with Gasteiger partial charge in [0.1, 0.15) is 42.2 Å². The van der Waals surface area contributed by atoms with Crippen LogP contribution in [0.1, 0.15) is 124 Å². The van der Waals surface area contributed by atoms with E-state index < -0.39 is 84.4 Å². The summed E-state index contributed by atoms with van der Waals surface area (Å²) in [6, 6.07) is 15.4. The Morgan fingerprint density at radius 2 is 1.37 bits per heavy atom. The first-order valence-corrected chi connectivity index (χ1v) is 25.5. The van der Waals surface area contributed by atoms with E-state index >= 15 is 0 Å². The molecule has 2 heterocycles. The molecule has 5 amide bonds. The number of hydrogen-bond acceptors (Lipinski definition) is 12. The Balaban J connectivity index is 1.15. The maximum Gasteiger partial charge on any atom is 0.252 e. The van der Waals surface area contributed by atoms with Crippen molar-refractivity contribution < 1.29 is 53.9 Å². The van der Waals surface area contributed by atoms with E-state index in [2.05, 4.69) is 22.9 Å². The van der Waals surface area contributed by atoms with Gasteiger partial charge in [-0.05, 0) is 91.5 Å². The lowest BCUT2D eigenvalue weighted by Crippen LogP contribution is -2.62. The average molecular weight is 987 g/mol. The average Bonchev–Trinajstić information content (AvgIpc) is 3.35. The number of rotatable bonds is 28. The fourth-order valence-electron chi connectivity index (χ4n) is 9.46. The number of ether oxygens (including phenoxy) is 2. The van der Waals surface area contributed by atoms with Gasteiger partial charge in [-0.2, -0.15) is 0 Å². The lowest BCUT2D eigenvalue weighted by molar-refractivity contribution is -0.290. The second-order valence-corrected chi connectivity index (χ2v) is 19.3. The van der Waals surface area contributed by atoms with Gasteiger partial charge in [0.15, 0.2) is 12.4 Å². The zero-order valence-electron chi connectivity index (χ0n) is 41.7. The molecule has 0 aromatic heterocycles. The van der Waals surface area contributed by atoms with Crippen molar-refractivity contribution in [2.45, 2.75) is 185 Å². The molecule has 0 spiro atoms. The normalized spacial score (nSPS) is 21.1. The Kier molecular flexibility index (Phi) is 22.7. The van der Waals surface area contributed by atoms with Crippen LogP contribution in [0.5, 0.6) is 5.75 Å². The smallest absolute Gasteiger partial charge is 0.252 e. The van der Waals surface area contributed by atoms with E-state index in [1.165, 1.54) is 43.4 Å². The highest BCUT2D eigenvalue weighted by Crippen LogP contribution is 2.27. The van der Waals surface area contributed by atoms with Crippen LogP contribution in [0.3, 0.4) is 0 Å². The van der Waals surface area contributed by atoms with Crippen LogP contribution in [0, 0.1) is 13.8 Å². The number of benzene rings is 3. The van der Waals surface area contributed by atoms with Gasteiger partial charge in [0.05, 0.1) is 6.04 Å². The lowest BCUT2D eigenvalue weighted by atomic mass is 9.91. The van der Waals surface area contributed by atoms with Crippen molar-refractivity contribution in [3.63, 3.8) is 0 Å². The van der Waals surface area contributed by atoms with Crippen LogP contribution < -0.4 is 27.4 Å². The number of phenols is 1. The Morgan fingerprint density at radius 1 is 0.746 bits per heavy atom. The molecule has 390 valence electrons. The first-order valence-electron chi connectivity index (χ1n) is 25.5. The van der Waals surface area contributed by atoms with E-state index in [9.17, 15) is 44.4 Å². The van der Waals surface area contributed by atoms with Crippen molar-refractivity contribution in [3.05, 3.63) is 100 Å². The zero-order valence-corrected chi connectivity index (χ0v) is 41.7. The SMILES string of the molecule is CCCCCCCCCCCCO[C@@H]1O[C@H](C(=O)NCCCC[C@H](NC(=O)[C@H](Cc2ccccc2)NC(=O)[C@@H]2Cc3ccccc3CN2C(=O)[C@@H](N)Cc2c(C)cc(O)cc2C)C(N)=O)[C@@H](O)[C@H](O)[C@H]1O. The predicted octanol–water partition coefficient (Wildman–Crippen LogP) is 3.56. The van der Waals surface area contributed by atoms with Gasteiger partial charge in [0, 0.05) is 32.5 Å². The second-order valence-electron chi connectivity index (χ2n) is 19.3. The minimum absolute atomic E-state index is 0.0537. The molecule has 0 aliphatic carbocycles. The summed E-state index contributed by atoms with van der Waals surface area (Å²) in [5, 5.41) is 50.0. The molecule has 0 unspecified atom stereocenters. The van der Waals surface area contributed by atoms with Crippen LogP contribution in [0.25, 0.3) is 0 Å². The summed E-state index contributed by atoms with van der Waals surface area (Å²) in [7, 11) is 0. The maximum absolute atomic E-state index is 14.5. The van der Waals surface area contributed by atoms with Gasteiger partial charge in [-0.3, -0.25) is 24.0 Å². The van der Waals surface area contributed by atoms with Crippen molar-refractivity contribution in [2.75, 3.05) is 13.2 Å².